The lowest BCUT2D eigenvalue weighted by atomic mass is 10.2. The number of rotatable bonds is 3. The molecule has 0 radical (unpaired) electrons. The summed E-state index contributed by atoms with van der Waals surface area (Å²) < 4.78 is 6.83. The molecule has 2 N–H and O–H groups in total. The first kappa shape index (κ1) is 12.7. The first-order chi connectivity index (χ1) is 8.19. The van der Waals surface area contributed by atoms with Crippen LogP contribution in [0.15, 0.2) is 42.5 Å². The second-order valence-electron chi connectivity index (χ2n) is 3.53. The van der Waals surface area contributed by atoms with Gasteiger partial charge in [0.25, 0.3) is 0 Å². The fourth-order valence-corrected chi connectivity index (χ4v) is 2.17. The van der Waals surface area contributed by atoms with Crippen LogP contribution in [-0.2, 0) is 6.54 Å². The lowest BCUT2D eigenvalue weighted by Gasteiger charge is -2.08. The van der Waals surface area contributed by atoms with Gasteiger partial charge in [0.1, 0.15) is 11.5 Å². The highest BCUT2D eigenvalue weighted by molar-refractivity contribution is 14.1. The Morgan fingerprint density at radius 1 is 1.18 bits per heavy atom. The Hall–Kier alpha value is -0.780. The molecule has 0 atom stereocenters. The monoisotopic (exact) mass is 359 g/mol. The van der Waals surface area contributed by atoms with Crippen molar-refractivity contribution in [3.8, 4) is 11.5 Å². The maximum atomic E-state index is 6.12. The minimum Gasteiger partial charge on any atom is -0.456 e. The van der Waals surface area contributed by atoms with E-state index in [1.54, 1.807) is 0 Å². The standard InChI is InChI=1S/C13H11ClINO/c14-12-6-9(8-16)4-5-13(12)17-11-3-1-2-10(15)7-11/h1-7H,8,16H2. The molecular weight excluding hydrogens is 349 g/mol. The molecule has 2 aromatic carbocycles. The summed E-state index contributed by atoms with van der Waals surface area (Å²) in [5.41, 5.74) is 6.53. The maximum Gasteiger partial charge on any atom is 0.146 e. The van der Waals surface area contributed by atoms with Crippen molar-refractivity contribution in [2.45, 2.75) is 6.54 Å². The largest absolute Gasteiger partial charge is 0.456 e. The normalized spacial score (nSPS) is 10.3. The van der Waals surface area contributed by atoms with Gasteiger partial charge in [0.15, 0.2) is 0 Å². The Morgan fingerprint density at radius 2 is 2.00 bits per heavy atom. The zero-order valence-electron chi connectivity index (χ0n) is 8.99. The van der Waals surface area contributed by atoms with Gasteiger partial charge in [-0.1, -0.05) is 23.7 Å². The minimum absolute atomic E-state index is 0.475. The van der Waals surface area contributed by atoms with Crippen LogP contribution in [0.4, 0.5) is 0 Å². The minimum atomic E-state index is 0.475. The molecule has 2 aromatic rings. The van der Waals surface area contributed by atoms with Crippen LogP contribution < -0.4 is 10.5 Å². The molecule has 0 saturated heterocycles. The van der Waals surface area contributed by atoms with Gasteiger partial charge in [-0.25, -0.2) is 0 Å². The molecule has 0 aliphatic heterocycles. The van der Waals surface area contributed by atoms with E-state index in [1.807, 2.05) is 42.5 Å². The van der Waals surface area contributed by atoms with Crippen molar-refractivity contribution in [3.05, 3.63) is 56.6 Å². The molecule has 0 aromatic heterocycles. The fourth-order valence-electron chi connectivity index (χ4n) is 1.41. The Kier molecular flexibility index (Phi) is 4.25. The second-order valence-corrected chi connectivity index (χ2v) is 5.18. The van der Waals surface area contributed by atoms with Crippen LogP contribution in [0.1, 0.15) is 5.56 Å². The Bertz CT molecular complexity index is 531. The van der Waals surface area contributed by atoms with Gasteiger partial charge >= 0.3 is 0 Å². The topological polar surface area (TPSA) is 35.2 Å². The fraction of sp³-hybridized carbons (Fsp3) is 0.0769. The van der Waals surface area contributed by atoms with Crippen molar-refractivity contribution >= 4 is 34.2 Å². The Morgan fingerprint density at radius 3 is 2.65 bits per heavy atom. The van der Waals surface area contributed by atoms with E-state index in [2.05, 4.69) is 22.6 Å². The number of nitrogens with two attached hydrogens (primary N) is 1. The highest BCUT2D eigenvalue weighted by Gasteiger charge is 2.04. The van der Waals surface area contributed by atoms with E-state index in [0.29, 0.717) is 17.3 Å². The smallest absolute Gasteiger partial charge is 0.146 e. The van der Waals surface area contributed by atoms with Crippen molar-refractivity contribution in [1.82, 2.24) is 0 Å². The van der Waals surface area contributed by atoms with Gasteiger partial charge in [-0.05, 0) is 58.5 Å². The van der Waals surface area contributed by atoms with E-state index < -0.39 is 0 Å². The summed E-state index contributed by atoms with van der Waals surface area (Å²) >= 11 is 8.35. The van der Waals surface area contributed by atoms with Crippen LogP contribution >= 0.6 is 34.2 Å². The predicted molar refractivity (Wildman–Crippen MR) is 78.6 cm³/mol. The summed E-state index contributed by atoms with van der Waals surface area (Å²) in [6, 6.07) is 13.4. The number of hydrogen-bond acceptors (Lipinski definition) is 2. The molecule has 0 saturated carbocycles. The van der Waals surface area contributed by atoms with Crippen molar-refractivity contribution in [2.24, 2.45) is 5.73 Å². The zero-order chi connectivity index (χ0) is 12.3. The zero-order valence-corrected chi connectivity index (χ0v) is 11.9. The second kappa shape index (κ2) is 5.71. The van der Waals surface area contributed by atoms with E-state index in [9.17, 15) is 0 Å². The van der Waals surface area contributed by atoms with Gasteiger partial charge in [0, 0.05) is 10.1 Å². The third kappa shape index (κ3) is 3.34. The average molecular weight is 360 g/mol. The third-order valence-electron chi connectivity index (χ3n) is 2.26. The molecule has 4 heteroatoms. The summed E-state index contributed by atoms with van der Waals surface area (Å²) in [7, 11) is 0. The van der Waals surface area contributed by atoms with Crippen LogP contribution in [0.5, 0.6) is 11.5 Å². The molecule has 0 heterocycles. The van der Waals surface area contributed by atoms with Crippen molar-refractivity contribution in [2.75, 3.05) is 0 Å². The Balaban J connectivity index is 2.24. The van der Waals surface area contributed by atoms with E-state index in [-0.39, 0.29) is 0 Å². The van der Waals surface area contributed by atoms with Crippen molar-refractivity contribution in [1.29, 1.82) is 0 Å². The van der Waals surface area contributed by atoms with Gasteiger partial charge in [-0.3, -0.25) is 0 Å². The summed E-state index contributed by atoms with van der Waals surface area (Å²) in [6.07, 6.45) is 0. The molecule has 0 unspecified atom stereocenters. The molecule has 0 amide bonds. The van der Waals surface area contributed by atoms with E-state index in [4.69, 9.17) is 22.1 Å². The third-order valence-corrected chi connectivity index (χ3v) is 3.22. The van der Waals surface area contributed by atoms with Gasteiger partial charge in [-0.15, -0.1) is 0 Å². The molecule has 2 rings (SSSR count). The van der Waals surface area contributed by atoms with E-state index in [1.165, 1.54) is 0 Å². The summed E-state index contributed by atoms with van der Waals surface area (Å²) in [4.78, 5) is 0. The van der Waals surface area contributed by atoms with Crippen LogP contribution in [0.25, 0.3) is 0 Å². The summed E-state index contributed by atoms with van der Waals surface area (Å²) in [5, 5.41) is 0.576. The summed E-state index contributed by atoms with van der Waals surface area (Å²) in [5.74, 6) is 1.42. The predicted octanol–water partition coefficient (Wildman–Crippen LogP) is 4.20. The average Bonchev–Trinajstić information content (AvgIpc) is 2.32. The van der Waals surface area contributed by atoms with Gasteiger partial charge in [0.2, 0.25) is 0 Å². The molecule has 88 valence electrons. The van der Waals surface area contributed by atoms with Crippen LogP contribution in [0, 0.1) is 3.57 Å². The summed E-state index contributed by atoms with van der Waals surface area (Å²) in [6.45, 7) is 0.475. The first-order valence-corrected chi connectivity index (χ1v) is 6.56. The van der Waals surface area contributed by atoms with Gasteiger partial charge < -0.3 is 10.5 Å². The molecule has 0 fully saturated rings. The molecule has 0 aliphatic carbocycles. The Labute approximate surface area is 119 Å². The van der Waals surface area contributed by atoms with Gasteiger partial charge in [-0.2, -0.15) is 0 Å². The van der Waals surface area contributed by atoms with Crippen LogP contribution in [0.2, 0.25) is 5.02 Å². The highest BCUT2D eigenvalue weighted by Crippen LogP contribution is 2.30. The first-order valence-electron chi connectivity index (χ1n) is 5.11. The number of benzene rings is 2. The van der Waals surface area contributed by atoms with E-state index in [0.717, 1.165) is 14.9 Å². The number of halogens is 2. The molecule has 17 heavy (non-hydrogen) atoms. The molecule has 0 aliphatic rings. The lowest BCUT2D eigenvalue weighted by Crippen LogP contribution is -1.96. The molecule has 2 nitrogen and oxygen atoms in total. The number of ether oxygens (including phenoxy) is 1. The van der Waals surface area contributed by atoms with Crippen molar-refractivity contribution < 1.29 is 4.74 Å². The molecular formula is C13H11ClINO. The lowest BCUT2D eigenvalue weighted by molar-refractivity contribution is 0.482. The molecule has 0 bridgehead atoms. The number of hydrogen-bond donors (Lipinski definition) is 1. The highest BCUT2D eigenvalue weighted by atomic mass is 127. The van der Waals surface area contributed by atoms with E-state index >= 15 is 0 Å². The quantitative estimate of drug-likeness (QED) is 0.834. The SMILES string of the molecule is NCc1ccc(Oc2cccc(I)c2)c(Cl)c1. The maximum absolute atomic E-state index is 6.12. The van der Waals surface area contributed by atoms with Crippen molar-refractivity contribution in [3.63, 3.8) is 0 Å². The van der Waals surface area contributed by atoms with Gasteiger partial charge in [0.05, 0.1) is 5.02 Å². The van der Waals surface area contributed by atoms with Crippen LogP contribution in [0.3, 0.4) is 0 Å². The molecule has 0 spiro atoms. The van der Waals surface area contributed by atoms with Crippen LogP contribution in [-0.4, -0.2) is 0 Å².